The van der Waals surface area contributed by atoms with Crippen LogP contribution >= 0.6 is 22.7 Å². The molecule has 11 aromatic rings. The first-order valence-corrected chi connectivity index (χ1v) is 20.4. The minimum absolute atomic E-state index is 0.900. The lowest BCUT2D eigenvalue weighted by molar-refractivity contribution is 1.18. The van der Waals surface area contributed by atoms with Gasteiger partial charge in [0, 0.05) is 51.5 Å². The van der Waals surface area contributed by atoms with E-state index in [9.17, 15) is 0 Å². The summed E-state index contributed by atoms with van der Waals surface area (Å²) in [5, 5.41) is 5.18. The van der Waals surface area contributed by atoms with Crippen LogP contribution in [0.15, 0.2) is 194 Å². The van der Waals surface area contributed by atoms with Gasteiger partial charge < -0.3 is 0 Å². The quantitative estimate of drug-likeness (QED) is 0.169. The molecule has 262 valence electrons. The van der Waals surface area contributed by atoms with Gasteiger partial charge in [-0.1, -0.05) is 170 Å². The third-order valence-corrected chi connectivity index (χ3v) is 13.4. The molecule has 0 aliphatic rings. The summed E-state index contributed by atoms with van der Waals surface area (Å²) in [6.07, 6.45) is 1.69. The van der Waals surface area contributed by atoms with E-state index >= 15 is 0 Å². The van der Waals surface area contributed by atoms with Crippen molar-refractivity contribution in [1.29, 1.82) is 0 Å². The highest BCUT2D eigenvalue weighted by Gasteiger charge is 2.17. The van der Waals surface area contributed by atoms with Crippen LogP contribution < -0.4 is 0 Å². The number of aromatic nitrogens is 2. The molecule has 0 unspecified atom stereocenters. The Bertz CT molecular complexity index is 3030. The Balaban J connectivity index is 0.963. The number of nitrogens with zero attached hydrogens (tertiary/aromatic N) is 2. The second-order valence-corrected chi connectivity index (χ2v) is 16.2. The molecule has 2 nitrogen and oxygen atoms in total. The maximum Gasteiger partial charge on any atom is 0.116 e. The molecule has 0 aliphatic heterocycles. The van der Waals surface area contributed by atoms with Crippen molar-refractivity contribution in [1.82, 2.24) is 9.97 Å². The van der Waals surface area contributed by atoms with Crippen LogP contribution in [0.4, 0.5) is 0 Å². The Morgan fingerprint density at radius 3 is 0.982 bits per heavy atom. The second-order valence-electron chi connectivity index (χ2n) is 14.1. The van der Waals surface area contributed by atoms with Crippen LogP contribution in [-0.2, 0) is 0 Å². The number of thiophene rings is 2. The molecule has 56 heavy (non-hydrogen) atoms. The Morgan fingerprint density at radius 1 is 0.268 bits per heavy atom. The summed E-state index contributed by atoms with van der Waals surface area (Å²) in [6, 6.07) is 67.8. The van der Waals surface area contributed by atoms with Crippen LogP contribution in [0.3, 0.4) is 0 Å². The van der Waals surface area contributed by atoms with Crippen molar-refractivity contribution in [3.8, 4) is 67.0 Å². The van der Waals surface area contributed by atoms with Gasteiger partial charge in [0.2, 0.25) is 0 Å². The van der Waals surface area contributed by atoms with Crippen LogP contribution in [0.5, 0.6) is 0 Å². The molecule has 8 aromatic carbocycles. The van der Waals surface area contributed by atoms with E-state index in [1.165, 1.54) is 84.9 Å². The number of hydrogen-bond donors (Lipinski definition) is 0. The molecule has 0 amide bonds. The third-order valence-electron chi connectivity index (χ3n) is 10.8. The molecule has 3 heterocycles. The average molecular weight is 749 g/mol. The number of benzene rings is 8. The van der Waals surface area contributed by atoms with Crippen LogP contribution in [0.2, 0.25) is 0 Å². The number of rotatable bonds is 6. The maximum absolute atomic E-state index is 4.78. The van der Waals surface area contributed by atoms with Crippen molar-refractivity contribution in [2.24, 2.45) is 0 Å². The maximum atomic E-state index is 4.78. The largest absolute Gasteiger partial charge is 0.236 e. The Morgan fingerprint density at radius 2 is 0.589 bits per heavy atom. The Kier molecular flexibility index (Phi) is 7.90. The lowest BCUT2D eigenvalue weighted by atomic mass is 9.97. The van der Waals surface area contributed by atoms with Crippen LogP contribution in [-0.4, -0.2) is 9.97 Å². The van der Waals surface area contributed by atoms with Crippen LogP contribution in [0, 0.1) is 0 Å². The monoisotopic (exact) mass is 748 g/mol. The number of fused-ring (bicyclic) bond motifs is 6. The summed E-state index contributed by atoms with van der Waals surface area (Å²) in [7, 11) is 0. The smallest absolute Gasteiger partial charge is 0.116 e. The lowest BCUT2D eigenvalue weighted by Gasteiger charge is -2.09. The van der Waals surface area contributed by atoms with Gasteiger partial charge in [-0.15, -0.1) is 22.7 Å². The van der Waals surface area contributed by atoms with Crippen molar-refractivity contribution in [2.75, 3.05) is 0 Å². The fraction of sp³-hybridized carbons (Fsp3) is 0. The average Bonchev–Trinajstić information content (AvgIpc) is 3.86. The summed E-state index contributed by atoms with van der Waals surface area (Å²) in [4.78, 5) is 9.57. The SMILES string of the molecule is c1ccc(-c2cccc3c2sc2c(-c4cccc(-c5cc(-c6cccc(-c7cccc8c7sc7c(-c9ccccc9)cccc78)c6)ncn5)c4)cccc23)cc1. The van der Waals surface area contributed by atoms with E-state index in [-0.39, 0.29) is 0 Å². The van der Waals surface area contributed by atoms with E-state index in [4.69, 9.17) is 9.97 Å². The van der Waals surface area contributed by atoms with Gasteiger partial charge in [-0.25, -0.2) is 9.97 Å². The summed E-state index contributed by atoms with van der Waals surface area (Å²) in [5.41, 5.74) is 13.8. The first-order valence-electron chi connectivity index (χ1n) is 18.8. The highest BCUT2D eigenvalue weighted by Crippen LogP contribution is 2.46. The standard InChI is InChI=1S/C52H32N2S2/c1-3-13-33(14-4-1)39-21-9-25-43-45-27-11-23-41(51(45)55-49(39)43)35-17-7-19-37(29-35)47-31-48(54-32-53-47)38-20-8-18-36(30-38)42-24-12-28-46-44-26-10-22-40(50(44)56-52(42)46)34-15-5-2-6-16-34/h1-32H. The molecule has 0 saturated carbocycles. The molecular weight excluding hydrogens is 717 g/mol. The van der Waals surface area contributed by atoms with Gasteiger partial charge in [0.05, 0.1) is 11.4 Å². The van der Waals surface area contributed by atoms with Crippen molar-refractivity contribution in [3.63, 3.8) is 0 Å². The molecule has 0 bridgehead atoms. The van der Waals surface area contributed by atoms with E-state index < -0.39 is 0 Å². The fourth-order valence-electron chi connectivity index (χ4n) is 8.15. The normalized spacial score (nSPS) is 11.6. The van der Waals surface area contributed by atoms with E-state index in [1.807, 2.05) is 22.7 Å². The topological polar surface area (TPSA) is 25.8 Å². The molecule has 11 rings (SSSR count). The zero-order valence-corrected chi connectivity index (χ0v) is 31.8. The molecule has 0 atom stereocenters. The van der Waals surface area contributed by atoms with Gasteiger partial charge in [0.15, 0.2) is 0 Å². The van der Waals surface area contributed by atoms with Crippen molar-refractivity contribution < 1.29 is 0 Å². The Labute approximate surface area is 332 Å². The zero-order valence-electron chi connectivity index (χ0n) is 30.2. The van der Waals surface area contributed by atoms with Gasteiger partial charge in [-0.2, -0.15) is 0 Å². The predicted octanol–water partition coefficient (Wildman–Crippen LogP) is 15.2. The molecule has 0 aliphatic carbocycles. The lowest BCUT2D eigenvalue weighted by Crippen LogP contribution is -1.90. The highest BCUT2D eigenvalue weighted by atomic mass is 32.1. The molecule has 0 fully saturated rings. The van der Waals surface area contributed by atoms with E-state index in [0.717, 1.165) is 22.5 Å². The van der Waals surface area contributed by atoms with Crippen molar-refractivity contribution in [2.45, 2.75) is 0 Å². The second kappa shape index (κ2) is 13.5. The molecule has 4 heteroatoms. The van der Waals surface area contributed by atoms with Crippen LogP contribution in [0.1, 0.15) is 0 Å². The van der Waals surface area contributed by atoms with Gasteiger partial charge in [-0.05, 0) is 62.7 Å². The van der Waals surface area contributed by atoms with Gasteiger partial charge >= 0.3 is 0 Å². The molecule has 0 spiro atoms. The van der Waals surface area contributed by atoms with E-state index in [2.05, 4.69) is 188 Å². The number of hydrogen-bond acceptors (Lipinski definition) is 4. The van der Waals surface area contributed by atoms with Gasteiger partial charge in [0.1, 0.15) is 6.33 Å². The molecule has 3 aromatic heterocycles. The van der Waals surface area contributed by atoms with Gasteiger partial charge in [-0.3, -0.25) is 0 Å². The molecule has 0 radical (unpaired) electrons. The fourth-order valence-corrected chi connectivity index (χ4v) is 10.9. The zero-order chi connectivity index (χ0) is 37.0. The summed E-state index contributed by atoms with van der Waals surface area (Å²) in [5.74, 6) is 0. The summed E-state index contributed by atoms with van der Waals surface area (Å²) in [6.45, 7) is 0. The van der Waals surface area contributed by atoms with E-state index in [0.29, 0.717) is 0 Å². The molecule has 0 saturated heterocycles. The highest BCUT2D eigenvalue weighted by molar-refractivity contribution is 7.27. The third kappa shape index (κ3) is 5.53. The molecular formula is C52H32N2S2. The molecule has 0 N–H and O–H groups in total. The van der Waals surface area contributed by atoms with Gasteiger partial charge in [0.25, 0.3) is 0 Å². The van der Waals surface area contributed by atoms with Crippen molar-refractivity contribution in [3.05, 3.63) is 194 Å². The van der Waals surface area contributed by atoms with Crippen molar-refractivity contribution >= 4 is 63.0 Å². The minimum Gasteiger partial charge on any atom is -0.236 e. The van der Waals surface area contributed by atoms with E-state index in [1.54, 1.807) is 6.33 Å². The van der Waals surface area contributed by atoms with Crippen LogP contribution in [0.25, 0.3) is 107 Å². The summed E-state index contributed by atoms with van der Waals surface area (Å²) < 4.78 is 5.24. The first-order chi connectivity index (χ1) is 27.8. The minimum atomic E-state index is 0.900. The Hall–Kier alpha value is -6.72. The first kappa shape index (κ1) is 32.7. The predicted molar refractivity (Wildman–Crippen MR) is 240 cm³/mol. The summed E-state index contributed by atoms with van der Waals surface area (Å²) >= 11 is 3.76.